The van der Waals surface area contributed by atoms with Crippen molar-refractivity contribution in [2.75, 3.05) is 37.5 Å². The summed E-state index contributed by atoms with van der Waals surface area (Å²) in [5.74, 6) is 0.508. The second-order valence-electron chi connectivity index (χ2n) is 5.89. The molecule has 0 amide bonds. The minimum absolute atomic E-state index is 0.171. The summed E-state index contributed by atoms with van der Waals surface area (Å²) >= 11 is 0. The average molecular weight is 314 g/mol. The van der Waals surface area contributed by atoms with E-state index in [1.807, 2.05) is 32.3 Å². The van der Waals surface area contributed by atoms with Crippen molar-refractivity contribution in [3.63, 3.8) is 0 Å². The van der Waals surface area contributed by atoms with Crippen molar-refractivity contribution >= 4 is 11.6 Å². The zero-order chi connectivity index (χ0) is 16.2. The Bertz CT molecular complexity index is 645. The first-order valence-corrected chi connectivity index (χ1v) is 7.76. The Labute approximate surface area is 136 Å². The fraction of sp³-hybridized carbons (Fsp3) is 0.412. The fourth-order valence-corrected chi connectivity index (χ4v) is 2.55. The van der Waals surface area contributed by atoms with E-state index in [0.29, 0.717) is 25.6 Å². The van der Waals surface area contributed by atoms with Gasteiger partial charge in [0.1, 0.15) is 0 Å². The molecule has 1 aliphatic heterocycles. The molecule has 2 N–H and O–H groups in total. The van der Waals surface area contributed by atoms with E-state index in [1.54, 1.807) is 6.20 Å². The molecule has 0 spiro atoms. The zero-order valence-corrected chi connectivity index (χ0v) is 13.4. The van der Waals surface area contributed by atoms with Crippen LogP contribution in [0.5, 0.6) is 0 Å². The molecule has 0 unspecified atom stereocenters. The highest BCUT2D eigenvalue weighted by Crippen LogP contribution is 2.22. The molecule has 1 aromatic heterocycles. The molecular formula is C17H22N4O2. The molecule has 2 heterocycles. The molecule has 3 rings (SSSR count). The van der Waals surface area contributed by atoms with Gasteiger partial charge in [-0.1, -0.05) is 12.1 Å². The van der Waals surface area contributed by atoms with Gasteiger partial charge in [-0.25, -0.2) is 9.97 Å². The Balaban J connectivity index is 1.76. The summed E-state index contributed by atoms with van der Waals surface area (Å²) in [5.41, 5.74) is 3.02. The summed E-state index contributed by atoms with van der Waals surface area (Å²) in [4.78, 5) is 10.8. The van der Waals surface area contributed by atoms with Crippen molar-refractivity contribution in [1.82, 2.24) is 9.97 Å². The summed E-state index contributed by atoms with van der Waals surface area (Å²) < 4.78 is 5.39. The third kappa shape index (κ3) is 3.78. The smallest absolute Gasteiger partial charge is 0.223 e. The topological polar surface area (TPSA) is 70.5 Å². The van der Waals surface area contributed by atoms with Crippen LogP contribution in [0.2, 0.25) is 0 Å². The summed E-state index contributed by atoms with van der Waals surface area (Å²) in [6.45, 7) is 1.06. The Hall–Kier alpha value is -2.18. The molecule has 0 saturated carbocycles. The summed E-state index contributed by atoms with van der Waals surface area (Å²) in [5, 5.41) is 13.2. The molecule has 2 aromatic rings. The molecule has 23 heavy (non-hydrogen) atoms. The van der Waals surface area contributed by atoms with Gasteiger partial charge >= 0.3 is 0 Å². The van der Waals surface area contributed by atoms with Gasteiger partial charge in [-0.2, -0.15) is 0 Å². The molecule has 6 nitrogen and oxygen atoms in total. The Morgan fingerprint density at radius 3 is 2.70 bits per heavy atom. The number of rotatable bonds is 4. The number of nitrogens with zero attached hydrogens (tertiary/aromatic N) is 3. The molecule has 0 aliphatic carbocycles. The predicted octanol–water partition coefficient (Wildman–Crippen LogP) is 1.77. The van der Waals surface area contributed by atoms with Crippen LogP contribution in [0.4, 0.5) is 11.6 Å². The quantitative estimate of drug-likeness (QED) is 0.896. The molecule has 0 bridgehead atoms. The van der Waals surface area contributed by atoms with Gasteiger partial charge in [0, 0.05) is 38.1 Å². The van der Waals surface area contributed by atoms with Gasteiger partial charge in [0.15, 0.2) is 0 Å². The molecule has 1 aliphatic rings. The van der Waals surface area contributed by atoms with Crippen LogP contribution in [0.1, 0.15) is 6.42 Å². The first-order chi connectivity index (χ1) is 11.1. The summed E-state index contributed by atoms with van der Waals surface area (Å²) in [6.07, 6.45) is 1.92. The molecule has 2 atom stereocenters. The maximum Gasteiger partial charge on any atom is 0.223 e. The number of benzene rings is 1. The lowest BCUT2D eigenvalue weighted by Crippen LogP contribution is -2.42. The number of hydrogen-bond donors (Lipinski definition) is 2. The average Bonchev–Trinajstić information content (AvgIpc) is 2.57. The van der Waals surface area contributed by atoms with E-state index in [1.165, 1.54) is 0 Å². The lowest BCUT2D eigenvalue weighted by molar-refractivity contribution is 0.00293. The van der Waals surface area contributed by atoms with E-state index in [0.717, 1.165) is 16.9 Å². The van der Waals surface area contributed by atoms with Gasteiger partial charge in [-0.05, 0) is 24.6 Å². The van der Waals surface area contributed by atoms with E-state index in [9.17, 15) is 5.11 Å². The van der Waals surface area contributed by atoms with Crippen molar-refractivity contribution in [2.45, 2.75) is 18.6 Å². The SMILES string of the molecule is CN(C)c1ccc(-c2ccnc(N[C@@H]3COCC[C@@H]3O)n2)cc1. The highest BCUT2D eigenvalue weighted by atomic mass is 16.5. The maximum atomic E-state index is 10.00. The van der Waals surface area contributed by atoms with Crippen molar-refractivity contribution < 1.29 is 9.84 Å². The number of aliphatic hydroxyl groups excluding tert-OH is 1. The highest BCUT2D eigenvalue weighted by molar-refractivity contribution is 5.63. The molecule has 0 radical (unpaired) electrons. The van der Waals surface area contributed by atoms with Crippen molar-refractivity contribution in [3.8, 4) is 11.3 Å². The number of hydrogen-bond acceptors (Lipinski definition) is 6. The van der Waals surface area contributed by atoms with Crippen LogP contribution in [0.15, 0.2) is 36.5 Å². The minimum Gasteiger partial charge on any atom is -0.391 e. The minimum atomic E-state index is -0.435. The van der Waals surface area contributed by atoms with Crippen molar-refractivity contribution in [2.24, 2.45) is 0 Å². The van der Waals surface area contributed by atoms with E-state index in [4.69, 9.17) is 4.74 Å². The Kier molecular flexibility index (Phi) is 4.73. The third-order valence-corrected chi connectivity index (χ3v) is 3.97. The standard InChI is InChI=1S/C17H22N4O2/c1-21(2)13-5-3-12(4-6-13)14-7-9-18-17(19-14)20-15-11-23-10-8-16(15)22/h3-7,9,15-16,22H,8,10-11H2,1-2H3,(H,18,19,20)/t15-,16+/m1/s1. The Morgan fingerprint density at radius 1 is 1.22 bits per heavy atom. The van der Waals surface area contributed by atoms with Crippen LogP contribution >= 0.6 is 0 Å². The largest absolute Gasteiger partial charge is 0.391 e. The number of ether oxygens (including phenoxy) is 1. The van der Waals surface area contributed by atoms with Gasteiger partial charge in [0.25, 0.3) is 0 Å². The third-order valence-electron chi connectivity index (χ3n) is 3.97. The highest BCUT2D eigenvalue weighted by Gasteiger charge is 2.24. The predicted molar refractivity (Wildman–Crippen MR) is 90.6 cm³/mol. The maximum absolute atomic E-state index is 10.00. The number of anilines is 2. The number of aliphatic hydroxyl groups is 1. The molecule has 1 saturated heterocycles. The molecule has 1 fully saturated rings. The molecule has 122 valence electrons. The lowest BCUT2D eigenvalue weighted by Gasteiger charge is -2.28. The second-order valence-corrected chi connectivity index (χ2v) is 5.89. The van der Waals surface area contributed by atoms with E-state index >= 15 is 0 Å². The van der Waals surface area contributed by atoms with Crippen molar-refractivity contribution in [1.29, 1.82) is 0 Å². The summed E-state index contributed by atoms with van der Waals surface area (Å²) in [7, 11) is 4.03. The van der Waals surface area contributed by atoms with Crippen LogP contribution in [0, 0.1) is 0 Å². The van der Waals surface area contributed by atoms with Crippen LogP contribution in [0.25, 0.3) is 11.3 Å². The van der Waals surface area contributed by atoms with E-state index in [-0.39, 0.29) is 6.04 Å². The van der Waals surface area contributed by atoms with Gasteiger partial charge in [-0.15, -0.1) is 0 Å². The van der Waals surface area contributed by atoms with Gasteiger partial charge in [-0.3, -0.25) is 0 Å². The van der Waals surface area contributed by atoms with Crippen LogP contribution in [0.3, 0.4) is 0 Å². The van der Waals surface area contributed by atoms with Gasteiger partial charge < -0.3 is 20.1 Å². The first-order valence-electron chi connectivity index (χ1n) is 7.76. The van der Waals surface area contributed by atoms with Crippen LogP contribution < -0.4 is 10.2 Å². The second kappa shape index (κ2) is 6.93. The van der Waals surface area contributed by atoms with E-state index in [2.05, 4.69) is 32.3 Å². The van der Waals surface area contributed by atoms with Crippen LogP contribution in [-0.4, -0.2) is 54.5 Å². The van der Waals surface area contributed by atoms with Gasteiger partial charge in [0.2, 0.25) is 5.95 Å². The van der Waals surface area contributed by atoms with Crippen molar-refractivity contribution in [3.05, 3.63) is 36.5 Å². The molecule has 1 aromatic carbocycles. The zero-order valence-electron chi connectivity index (χ0n) is 13.4. The van der Waals surface area contributed by atoms with Crippen LogP contribution in [-0.2, 0) is 4.74 Å². The number of nitrogens with one attached hydrogen (secondary N) is 1. The monoisotopic (exact) mass is 314 g/mol. The normalized spacial score (nSPS) is 21.0. The summed E-state index contributed by atoms with van der Waals surface area (Å²) in [6, 6.07) is 9.91. The first kappa shape index (κ1) is 15.7. The lowest BCUT2D eigenvalue weighted by atomic mass is 10.1. The van der Waals surface area contributed by atoms with Gasteiger partial charge in [0.05, 0.1) is 24.4 Å². The molecule has 6 heteroatoms. The fourth-order valence-electron chi connectivity index (χ4n) is 2.55. The van der Waals surface area contributed by atoms with E-state index < -0.39 is 6.10 Å². The molecular weight excluding hydrogens is 292 g/mol. The number of aromatic nitrogens is 2. The Morgan fingerprint density at radius 2 is 2.00 bits per heavy atom.